The number of carbonyl (C=O) groups is 1. The molecule has 1 aliphatic heterocycles. The first-order valence-electron chi connectivity index (χ1n) is 7.16. The monoisotopic (exact) mass is 294 g/mol. The maximum absolute atomic E-state index is 13.8. The van der Waals surface area contributed by atoms with Crippen LogP contribution >= 0.6 is 0 Å². The van der Waals surface area contributed by atoms with E-state index in [9.17, 15) is 9.18 Å². The highest BCUT2D eigenvalue weighted by Crippen LogP contribution is 2.41. The van der Waals surface area contributed by atoms with Crippen molar-refractivity contribution in [1.29, 1.82) is 0 Å². The summed E-state index contributed by atoms with van der Waals surface area (Å²) in [6.45, 7) is 1.15. The molecule has 1 saturated heterocycles. The number of nitrogens with two attached hydrogens (primary N) is 1. The summed E-state index contributed by atoms with van der Waals surface area (Å²) in [7, 11) is 0. The second kappa shape index (κ2) is 5.27. The Kier molecular flexibility index (Phi) is 3.59. The first-order chi connectivity index (χ1) is 10.1. The van der Waals surface area contributed by atoms with E-state index in [2.05, 4.69) is 5.32 Å². The number of carbonyl (C=O) groups excluding carboxylic acids is 1. The van der Waals surface area contributed by atoms with Crippen molar-refractivity contribution in [3.63, 3.8) is 0 Å². The quantitative estimate of drug-likeness (QED) is 0.891. The van der Waals surface area contributed by atoms with Crippen LogP contribution in [0.1, 0.15) is 25.7 Å². The largest absolute Gasteiger partial charge is 0.369 e. The number of ether oxygens (including phenoxy) is 2. The fourth-order valence-corrected chi connectivity index (χ4v) is 3.10. The van der Waals surface area contributed by atoms with Crippen LogP contribution in [-0.4, -0.2) is 30.4 Å². The fraction of sp³-hybridized carbons (Fsp3) is 0.533. The van der Waals surface area contributed by atoms with Crippen LogP contribution in [0.3, 0.4) is 0 Å². The number of anilines is 1. The highest BCUT2D eigenvalue weighted by Gasteiger charge is 2.49. The molecule has 1 aliphatic carbocycles. The zero-order valence-electron chi connectivity index (χ0n) is 11.7. The van der Waals surface area contributed by atoms with Gasteiger partial charge in [0.2, 0.25) is 5.91 Å². The third-order valence-corrected chi connectivity index (χ3v) is 4.40. The predicted molar refractivity (Wildman–Crippen MR) is 75.1 cm³/mol. The first kappa shape index (κ1) is 14.3. The molecule has 114 valence electrons. The Morgan fingerprint density at radius 3 is 2.33 bits per heavy atom. The minimum Gasteiger partial charge on any atom is -0.369 e. The van der Waals surface area contributed by atoms with Gasteiger partial charge in [-0.15, -0.1) is 0 Å². The molecule has 21 heavy (non-hydrogen) atoms. The lowest BCUT2D eigenvalue weighted by molar-refractivity contribution is -0.183. The molecule has 1 spiro atoms. The van der Waals surface area contributed by atoms with Crippen LogP contribution in [0.25, 0.3) is 0 Å². The van der Waals surface area contributed by atoms with E-state index in [1.54, 1.807) is 18.2 Å². The molecule has 3 N–H and O–H groups in total. The van der Waals surface area contributed by atoms with Crippen molar-refractivity contribution in [3.8, 4) is 0 Å². The van der Waals surface area contributed by atoms with Crippen molar-refractivity contribution in [3.05, 3.63) is 30.1 Å². The molecular formula is C15H19FN2O3. The Balaban J connectivity index is 1.79. The molecule has 2 fully saturated rings. The lowest BCUT2D eigenvalue weighted by atomic mass is 9.78. The van der Waals surface area contributed by atoms with Crippen molar-refractivity contribution in [2.45, 2.75) is 37.0 Å². The summed E-state index contributed by atoms with van der Waals surface area (Å²) in [4.78, 5) is 12.0. The highest BCUT2D eigenvalue weighted by molar-refractivity contribution is 5.88. The molecular weight excluding hydrogens is 275 g/mol. The van der Waals surface area contributed by atoms with Gasteiger partial charge < -0.3 is 20.5 Å². The van der Waals surface area contributed by atoms with Gasteiger partial charge in [-0.3, -0.25) is 4.79 Å². The standard InChI is InChI=1S/C15H19FN2O3/c16-11-3-1-2-4-12(11)18-14(13(17)19)5-7-15(8-6-14)20-9-10-21-15/h1-4,18H,5-10H2,(H2,17,19). The number of halogens is 1. The molecule has 5 nitrogen and oxygen atoms in total. The number of primary amides is 1. The van der Waals surface area contributed by atoms with Crippen LogP contribution in [0.5, 0.6) is 0 Å². The molecule has 6 heteroatoms. The maximum atomic E-state index is 13.8. The van der Waals surface area contributed by atoms with Crippen LogP contribution in [0.4, 0.5) is 10.1 Å². The van der Waals surface area contributed by atoms with E-state index in [0.29, 0.717) is 44.6 Å². The van der Waals surface area contributed by atoms with Crippen molar-refractivity contribution < 1.29 is 18.7 Å². The predicted octanol–water partition coefficient (Wildman–Crippen LogP) is 1.78. The Hall–Kier alpha value is -1.66. The number of nitrogens with one attached hydrogen (secondary N) is 1. The van der Waals surface area contributed by atoms with Gasteiger partial charge in [0, 0.05) is 12.8 Å². The number of benzene rings is 1. The van der Waals surface area contributed by atoms with Crippen molar-refractivity contribution in [2.75, 3.05) is 18.5 Å². The summed E-state index contributed by atoms with van der Waals surface area (Å²) in [5.41, 5.74) is 4.92. The van der Waals surface area contributed by atoms with Crippen LogP contribution in [0.2, 0.25) is 0 Å². The molecule has 0 unspecified atom stereocenters. The molecule has 0 bridgehead atoms. The normalized spacial score (nSPS) is 23.1. The number of rotatable bonds is 3. The molecule has 1 aromatic carbocycles. The average molecular weight is 294 g/mol. The van der Waals surface area contributed by atoms with E-state index >= 15 is 0 Å². The Labute approximate surface area is 122 Å². The third kappa shape index (κ3) is 2.61. The number of hydrogen-bond acceptors (Lipinski definition) is 4. The summed E-state index contributed by atoms with van der Waals surface area (Å²) >= 11 is 0. The van der Waals surface area contributed by atoms with E-state index in [1.165, 1.54) is 6.07 Å². The Morgan fingerprint density at radius 1 is 1.14 bits per heavy atom. The zero-order valence-corrected chi connectivity index (χ0v) is 11.7. The lowest BCUT2D eigenvalue weighted by Gasteiger charge is -2.42. The zero-order chi connectivity index (χ0) is 14.9. The SMILES string of the molecule is NC(=O)C1(Nc2ccccc2F)CCC2(CC1)OCCO2. The summed E-state index contributed by atoms with van der Waals surface area (Å²) in [6.07, 6.45) is 2.04. The molecule has 0 radical (unpaired) electrons. The molecule has 1 saturated carbocycles. The van der Waals surface area contributed by atoms with Crippen LogP contribution in [0, 0.1) is 5.82 Å². The molecule has 1 heterocycles. The van der Waals surface area contributed by atoms with Crippen molar-refractivity contribution in [2.24, 2.45) is 5.73 Å². The van der Waals surface area contributed by atoms with Crippen LogP contribution in [-0.2, 0) is 14.3 Å². The minimum absolute atomic E-state index is 0.292. The molecule has 0 aromatic heterocycles. The molecule has 1 amide bonds. The van der Waals surface area contributed by atoms with Gasteiger partial charge in [-0.2, -0.15) is 0 Å². The fourth-order valence-electron chi connectivity index (χ4n) is 3.10. The second-order valence-electron chi connectivity index (χ2n) is 5.66. The van der Waals surface area contributed by atoms with E-state index < -0.39 is 23.1 Å². The first-order valence-corrected chi connectivity index (χ1v) is 7.16. The van der Waals surface area contributed by atoms with Gasteiger partial charge in [-0.05, 0) is 25.0 Å². The number of hydrogen-bond donors (Lipinski definition) is 2. The second-order valence-corrected chi connectivity index (χ2v) is 5.66. The molecule has 3 rings (SSSR count). The molecule has 1 aromatic rings. The number of para-hydroxylation sites is 1. The summed E-state index contributed by atoms with van der Waals surface area (Å²) < 4.78 is 25.1. The van der Waals surface area contributed by atoms with Crippen LogP contribution < -0.4 is 11.1 Å². The summed E-state index contributed by atoms with van der Waals surface area (Å²) in [5.74, 6) is -1.46. The smallest absolute Gasteiger partial charge is 0.243 e. The summed E-state index contributed by atoms with van der Waals surface area (Å²) in [6, 6.07) is 6.28. The molecule has 2 aliphatic rings. The van der Waals surface area contributed by atoms with Gasteiger partial charge in [-0.1, -0.05) is 12.1 Å². The number of amides is 1. The average Bonchev–Trinajstić information content (AvgIpc) is 2.93. The van der Waals surface area contributed by atoms with Crippen molar-refractivity contribution in [1.82, 2.24) is 0 Å². The van der Waals surface area contributed by atoms with Gasteiger partial charge in [0.15, 0.2) is 5.79 Å². The van der Waals surface area contributed by atoms with Gasteiger partial charge in [-0.25, -0.2) is 4.39 Å². The van der Waals surface area contributed by atoms with Crippen molar-refractivity contribution >= 4 is 11.6 Å². The van der Waals surface area contributed by atoms with Crippen LogP contribution in [0.15, 0.2) is 24.3 Å². The third-order valence-electron chi connectivity index (χ3n) is 4.40. The Morgan fingerprint density at radius 2 is 1.76 bits per heavy atom. The van der Waals surface area contributed by atoms with E-state index in [1.807, 2.05) is 0 Å². The summed E-state index contributed by atoms with van der Waals surface area (Å²) in [5, 5.41) is 3.01. The van der Waals surface area contributed by atoms with Gasteiger partial charge in [0.1, 0.15) is 11.4 Å². The topological polar surface area (TPSA) is 73.6 Å². The van der Waals surface area contributed by atoms with E-state index in [4.69, 9.17) is 15.2 Å². The lowest BCUT2D eigenvalue weighted by Crippen LogP contribution is -2.56. The Bertz CT molecular complexity index is 533. The molecule has 0 atom stereocenters. The highest BCUT2D eigenvalue weighted by atomic mass is 19.1. The van der Waals surface area contributed by atoms with Gasteiger partial charge in [0.25, 0.3) is 0 Å². The minimum atomic E-state index is -0.956. The van der Waals surface area contributed by atoms with E-state index in [-0.39, 0.29) is 0 Å². The van der Waals surface area contributed by atoms with Gasteiger partial charge in [0.05, 0.1) is 18.9 Å². The van der Waals surface area contributed by atoms with Gasteiger partial charge >= 0.3 is 0 Å². The maximum Gasteiger partial charge on any atom is 0.243 e. The van der Waals surface area contributed by atoms with E-state index in [0.717, 1.165) is 0 Å².